The van der Waals surface area contributed by atoms with Gasteiger partial charge in [0.25, 0.3) is 0 Å². The summed E-state index contributed by atoms with van der Waals surface area (Å²) in [6, 6.07) is 20.9. The van der Waals surface area contributed by atoms with Crippen molar-refractivity contribution in [2.75, 3.05) is 27.9 Å². The first-order valence-electron chi connectivity index (χ1n) is 10.5. The average Bonchev–Trinajstić information content (AvgIpc) is 2.78. The standard InChI is InChI=1S/C25H25N3O4S/c1-17-16-27(25(30)26-21-7-5-4-6-8-21)24-15-20(11-14-23(24)28(17)18(2)29)19-9-12-22(13-10-19)33(3,31)32/h4-15,17H,16H2,1-3H3,(H,26,30). The van der Waals surface area contributed by atoms with E-state index in [0.29, 0.717) is 23.6 Å². The van der Waals surface area contributed by atoms with Crippen molar-refractivity contribution >= 4 is 38.8 Å². The maximum Gasteiger partial charge on any atom is 0.326 e. The van der Waals surface area contributed by atoms with Crippen LogP contribution in [0.2, 0.25) is 0 Å². The predicted octanol–water partition coefficient (Wildman–Crippen LogP) is 4.55. The molecule has 8 heteroatoms. The third-order valence-corrected chi connectivity index (χ3v) is 6.77. The molecular formula is C25H25N3O4S. The van der Waals surface area contributed by atoms with Crippen molar-refractivity contribution in [3.05, 3.63) is 72.8 Å². The van der Waals surface area contributed by atoms with E-state index in [1.807, 2.05) is 55.5 Å². The Kier molecular flexibility index (Phi) is 5.95. The number of amides is 3. The molecular weight excluding hydrogens is 438 g/mol. The third kappa shape index (κ3) is 4.61. The number of anilines is 3. The molecule has 1 N–H and O–H groups in total. The minimum absolute atomic E-state index is 0.0999. The van der Waals surface area contributed by atoms with Crippen LogP contribution in [-0.2, 0) is 14.6 Å². The Balaban J connectivity index is 1.75. The number of carbonyl (C=O) groups excluding carboxylic acids is 2. The first-order chi connectivity index (χ1) is 15.6. The monoisotopic (exact) mass is 463 g/mol. The summed E-state index contributed by atoms with van der Waals surface area (Å²) in [5.74, 6) is -0.0999. The molecule has 0 aliphatic carbocycles. The van der Waals surface area contributed by atoms with Gasteiger partial charge in [0.2, 0.25) is 5.91 Å². The zero-order chi connectivity index (χ0) is 23.8. The lowest BCUT2D eigenvalue weighted by Crippen LogP contribution is -2.52. The molecule has 0 aromatic heterocycles. The highest BCUT2D eigenvalue weighted by Crippen LogP contribution is 2.39. The van der Waals surface area contributed by atoms with Crippen molar-refractivity contribution in [3.8, 4) is 11.1 Å². The highest BCUT2D eigenvalue weighted by Gasteiger charge is 2.34. The van der Waals surface area contributed by atoms with Crippen molar-refractivity contribution < 1.29 is 18.0 Å². The van der Waals surface area contributed by atoms with Crippen LogP contribution >= 0.6 is 0 Å². The van der Waals surface area contributed by atoms with E-state index in [4.69, 9.17) is 0 Å². The second kappa shape index (κ2) is 8.71. The number of hydrogen-bond acceptors (Lipinski definition) is 4. The van der Waals surface area contributed by atoms with Gasteiger partial charge in [0.15, 0.2) is 9.84 Å². The van der Waals surface area contributed by atoms with Crippen LogP contribution in [0, 0.1) is 0 Å². The van der Waals surface area contributed by atoms with E-state index in [1.54, 1.807) is 34.1 Å². The molecule has 0 saturated heterocycles. The van der Waals surface area contributed by atoms with Crippen LogP contribution in [0.3, 0.4) is 0 Å². The minimum Gasteiger partial charge on any atom is -0.308 e. The van der Waals surface area contributed by atoms with Gasteiger partial charge < -0.3 is 10.2 Å². The molecule has 1 aliphatic heterocycles. The molecule has 3 amide bonds. The Bertz CT molecular complexity index is 1310. The van der Waals surface area contributed by atoms with Crippen LogP contribution in [0.4, 0.5) is 21.9 Å². The number of sulfone groups is 1. The summed E-state index contributed by atoms with van der Waals surface area (Å²) in [4.78, 5) is 29.1. The Morgan fingerprint density at radius 3 is 2.15 bits per heavy atom. The lowest BCUT2D eigenvalue weighted by Gasteiger charge is -2.40. The molecule has 0 bridgehead atoms. The number of nitrogens with zero attached hydrogens (tertiary/aromatic N) is 2. The number of carbonyl (C=O) groups is 2. The van der Waals surface area contributed by atoms with Gasteiger partial charge in [-0.2, -0.15) is 0 Å². The molecule has 33 heavy (non-hydrogen) atoms. The largest absolute Gasteiger partial charge is 0.326 e. The number of para-hydroxylation sites is 1. The van der Waals surface area contributed by atoms with Crippen LogP contribution in [0.5, 0.6) is 0 Å². The molecule has 0 fully saturated rings. The fraction of sp³-hybridized carbons (Fsp3) is 0.200. The quantitative estimate of drug-likeness (QED) is 0.617. The maximum absolute atomic E-state index is 13.2. The molecule has 1 unspecified atom stereocenters. The van der Waals surface area contributed by atoms with Gasteiger partial charge >= 0.3 is 6.03 Å². The summed E-state index contributed by atoms with van der Waals surface area (Å²) in [7, 11) is -3.29. The van der Waals surface area contributed by atoms with Gasteiger partial charge in [0.05, 0.1) is 22.3 Å². The molecule has 0 spiro atoms. The molecule has 1 aliphatic rings. The minimum atomic E-state index is -3.29. The van der Waals surface area contributed by atoms with E-state index in [-0.39, 0.29) is 22.9 Å². The van der Waals surface area contributed by atoms with Crippen molar-refractivity contribution in [3.63, 3.8) is 0 Å². The molecule has 3 aromatic carbocycles. The van der Waals surface area contributed by atoms with E-state index in [2.05, 4.69) is 5.32 Å². The lowest BCUT2D eigenvalue weighted by atomic mass is 10.0. The van der Waals surface area contributed by atoms with Crippen LogP contribution in [0.25, 0.3) is 11.1 Å². The first-order valence-corrected chi connectivity index (χ1v) is 12.4. The number of fused-ring (bicyclic) bond motifs is 1. The summed E-state index contributed by atoms with van der Waals surface area (Å²) in [5.41, 5.74) is 3.56. The Hall–Kier alpha value is -3.65. The molecule has 1 heterocycles. The molecule has 0 radical (unpaired) electrons. The summed E-state index contributed by atoms with van der Waals surface area (Å²) in [5, 5.41) is 2.92. The van der Waals surface area contributed by atoms with Crippen molar-refractivity contribution in [2.24, 2.45) is 0 Å². The molecule has 4 rings (SSSR count). The van der Waals surface area contributed by atoms with Gasteiger partial charge in [-0.25, -0.2) is 13.2 Å². The highest BCUT2D eigenvalue weighted by atomic mass is 32.2. The van der Waals surface area contributed by atoms with Gasteiger partial charge in [-0.05, 0) is 54.4 Å². The number of hydrogen-bond donors (Lipinski definition) is 1. The second-order valence-corrected chi connectivity index (χ2v) is 10.2. The van der Waals surface area contributed by atoms with Gasteiger partial charge in [-0.1, -0.05) is 36.4 Å². The van der Waals surface area contributed by atoms with E-state index < -0.39 is 9.84 Å². The summed E-state index contributed by atoms with van der Waals surface area (Å²) >= 11 is 0. The Labute approximate surface area is 193 Å². The highest BCUT2D eigenvalue weighted by molar-refractivity contribution is 7.90. The average molecular weight is 464 g/mol. The second-order valence-electron chi connectivity index (χ2n) is 8.14. The zero-order valence-corrected chi connectivity index (χ0v) is 19.5. The summed E-state index contributed by atoms with van der Waals surface area (Å²) in [6.07, 6.45) is 1.17. The van der Waals surface area contributed by atoms with E-state index in [1.165, 1.54) is 13.2 Å². The number of rotatable bonds is 3. The molecule has 0 saturated carbocycles. The molecule has 3 aromatic rings. The summed E-state index contributed by atoms with van der Waals surface area (Å²) < 4.78 is 23.6. The first kappa shape index (κ1) is 22.5. The van der Waals surface area contributed by atoms with E-state index in [9.17, 15) is 18.0 Å². The van der Waals surface area contributed by atoms with Crippen LogP contribution < -0.4 is 15.1 Å². The van der Waals surface area contributed by atoms with E-state index in [0.717, 1.165) is 11.1 Å². The van der Waals surface area contributed by atoms with Gasteiger partial charge in [0.1, 0.15) is 0 Å². The Morgan fingerprint density at radius 2 is 1.55 bits per heavy atom. The fourth-order valence-electron chi connectivity index (χ4n) is 4.08. The van der Waals surface area contributed by atoms with E-state index >= 15 is 0 Å². The van der Waals surface area contributed by atoms with Gasteiger partial charge in [0, 0.05) is 25.4 Å². The third-order valence-electron chi connectivity index (χ3n) is 5.64. The number of benzene rings is 3. The summed E-state index contributed by atoms with van der Waals surface area (Å²) in [6.45, 7) is 3.75. The maximum atomic E-state index is 13.2. The van der Waals surface area contributed by atoms with Crippen molar-refractivity contribution in [2.45, 2.75) is 24.8 Å². The molecule has 7 nitrogen and oxygen atoms in total. The van der Waals surface area contributed by atoms with Crippen LogP contribution in [0.15, 0.2) is 77.7 Å². The lowest BCUT2D eigenvalue weighted by molar-refractivity contribution is -0.117. The SMILES string of the molecule is CC(=O)N1c2ccc(-c3ccc(S(C)(=O)=O)cc3)cc2N(C(=O)Nc2ccccc2)CC1C. The van der Waals surface area contributed by atoms with Gasteiger partial charge in [-0.3, -0.25) is 9.69 Å². The topological polar surface area (TPSA) is 86.8 Å². The van der Waals surface area contributed by atoms with Gasteiger partial charge in [-0.15, -0.1) is 0 Å². The Morgan fingerprint density at radius 1 is 0.909 bits per heavy atom. The smallest absolute Gasteiger partial charge is 0.308 e. The van der Waals surface area contributed by atoms with Crippen LogP contribution in [0.1, 0.15) is 13.8 Å². The normalized spacial score (nSPS) is 15.7. The molecule has 170 valence electrons. The van der Waals surface area contributed by atoms with Crippen LogP contribution in [-0.4, -0.2) is 39.2 Å². The van der Waals surface area contributed by atoms with Crippen molar-refractivity contribution in [1.82, 2.24) is 0 Å². The number of urea groups is 1. The predicted molar refractivity (Wildman–Crippen MR) is 130 cm³/mol. The fourth-order valence-corrected chi connectivity index (χ4v) is 4.71. The molecule has 1 atom stereocenters. The number of nitrogens with one attached hydrogen (secondary N) is 1. The zero-order valence-electron chi connectivity index (χ0n) is 18.6. The van der Waals surface area contributed by atoms with Crippen molar-refractivity contribution in [1.29, 1.82) is 0 Å².